The van der Waals surface area contributed by atoms with Gasteiger partial charge in [-0.2, -0.15) is 0 Å². The van der Waals surface area contributed by atoms with Crippen molar-refractivity contribution in [1.29, 1.82) is 0 Å². The van der Waals surface area contributed by atoms with Gasteiger partial charge in [0.05, 0.1) is 12.2 Å². The summed E-state index contributed by atoms with van der Waals surface area (Å²) in [5, 5.41) is 17.3. The molecule has 0 bridgehead atoms. The summed E-state index contributed by atoms with van der Waals surface area (Å²) in [6, 6.07) is 26.0. The van der Waals surface area contributed by atoms with Crippen LogP contribution in [0.4, 0.5) is 0 Å². The van der Waals surface area contributed by atoms with Gasteiger partial charge in [-0.25, -0.2) is 0 Å². The molecule has 0 saturated heterocycles. The molecule has 0 saturated carbocycles. The van der Waals surface area contributed by atoms with E-state index >= 15 is 0 Å². The highest BCUT2D eigenvalue weighted by Gasteiger charge is 1.93. The molecule has 0 atom stereocenters. The summed E-state index contributed by atoms with van der Waals surface area (Å²) in [4.78, 5) is 20.0. The van der Waals surface area contributed by atoms with Gasteiger partial charge in [-0.15, -0.1) is 0 Å². The third-order valence-electron chi connectivity index (χ3n) is 3.45. The first-order valence-electron chi connectivity index (χ1n) is 8.93. The summed E-state index contributed by atoms with van der Waals surface area (Å²) in [5.41, 5.74) is 2.50. The molecule has 0 unspecified atom stereocenters. The van der Waals surface area contributed by atoms with Crippen LogP contribution in [-0.4, -0.2) is 29.4 Å². The van der Waals surface area contributed by atoms with Crippen molar-refractivity contribution in [3.8, 4) is 5.75 Å². The molecule has 148 valence electrons. The van der Waals surface area contributed by atoms with Crippen LogP contribution in [0.3, 0.4) is 0 Å². The van der Waals surface area contributed by atoms with E-state index in [0.29, 0.717) is 11.8 Å². The first-order valence-corrected chi connectivity index (χ1v) is 8.93. The van der Waals surface area contributed by atoms with Crippen molar-refractivity contribution in [3.63, 3.8) is 0 Å². The first-order chi connectivity index (χ1) is 14.2. The highest BCUT2D eigenvalue weighted by atomic mass is 16.3. The fourth-order valence-corrected chi connectivity index (χ4v) is 2.05. The molecule has 4 heteroatoms. The number of phenolic OH excluding ortho intramolecular Hbond substituents is 1. The van der Waals surface area contributed by atoms with Crippen LogP contribution < -0.4 is 0 Å². The molecular weight excluding hydrogens is 364 g/mol. The third-order valence-corrected chi connectivity index (χ3v) is 3.45. The zero-order chi connectivity index (χ0) is 21.2. The van der Waals surface area contributed by atoms with Crippen LogP contribution >= 0.6 is 0 Å². The standard InChI is InChI=1S/C9H10O.C9H8O.C7H6O2/c2*10-8-4-7-9-5-2-1-3-6-9;8-5-6-3-1-2-4-7(6)9/h1-7,10H,8H2;1-8H;1-5,9H/b2*7-4+;. The van der Waals surface area contributed by atoms with Crippen LogP contribution in [0.15, 0.2) is 97.1 Å². The van der Waals surface area contributed by atoms with Gasteiger partial charge in [-0.05, 0) is 29.3 Å². The number of aliphatic hydroxyl groups is 1. The lowest BCUT2D eigenvalue weighted by Crippen LogP contribution is -1.77. The van der Waals surface area contributed by atoms with Crippen LogP contribution in [0.1, 0.15) is 21.5 Å². The zero-order valence-electron chi connectivity index (χ0n) is 16.0. The second kappa shape index (κ2) is 15.3. The third kappa shape index (κ3) is 10.9. The highest BCUT2D eigenvalue weighted by Crippen LogP contribution is 2.11. The van der Waals surface area contributed by atoms with E-state index in [9.17, 15) is 9.59 Å². The molecule has 4 nitrogen and oxygen atoms in total. The van der Waals surface area contributed by atoms with E-state index < -0.39 is 0 Å². The van der Waals surface area contributed by atoms with Crippen molar-refractivity contribution in [2.75, 3.05) is 6.61 Å². The molecule has 0 aliphatic carbocycles. The molecule has 3 aromatic rings. The van der Waals surface area contributed by atoms with Crippen molar-refractivity contribution >= 4 is 24.7 Å². The number of aldehydes is 2. The Morgan fingerprint density at radius 2 is 1.21 bits per heavy atom. The molecule has 0 aromatic heterocycles. The Balaban J connectivity index is 0.000000218. The van der Waals surface area contributed by atoms with Gasteiger partial charge in [-0.1, -0.05) is 91.0 Å². The van der Waals surface area contributed by atoms with Crippen LogP contribution in [0, 0.1) is 0 Å². The number of carbonyl (C=O) groups excluding carboxylic acids is 2. The first kappa shape index (κ1) is 23.3. The number of carbonyl (C=O) groups is 2. The van der Waals surface area contributed by atoms with Crippen LogP contribution in [0.2, 0.25) is 0 Å². The largest absolute Gasteiger partial charge is 0.507 e. The lowest BCUT2D eigenvalue weighted by atomic mass is 10.2. The van der Waals surface area contributed by atoms with Crippen molar-refractivity contribution in [1.82, 2.24) is 0 Å². The van der Waals surface area contributed by atoms with Crippen LogP contribution in [0.5, 0.6) is 5.75 Å². The topological polar surface area (TPSA) is 74.6 Å². The number of phenols is 1. The number of hydrogen-bond donors (Lipinski definition) is 2. The normalized spacial score (nSPS) is 9.83. The maximum absolute atomic E-state index is 10.1. The number of rotatable bonds is 5. The molecule has 0 aliphatic rings. The number of hydrogen-bond acceptors (Lipinski definition) is 4. The Hall–Kier alpha value is -3.76. The molecule has 3 rings (SSSR count). The number of aliphatic hydroxyl groups excluding tert-OH is 1. The zero-order valence-corrected chi connectivity index (χ0v) is 16.0. The molecular formula is C25H24O4. The average Bonchev–Trinajstić information content (AvgIpc) is 2.79. The van der Waals surface area contributed by atoms with E-state index in [2.05, 4.69) is 0 Å². The Kier molecular flexibility index (Phi) is 12.3. The second-order valence-electron chi connectivity index (χ2n) is 5.58. The average molecular weight is 388 g/mol. The maximum Gasteiger partial charge on any atom is 0.153 e. The van der Waals surface area contributed by atoms with E-state index in [0.717, 1.165) is 17.4 Å². The summed E-state index contributed by atoms with van der Waals surface area (Å²) in [6.45, 7) is 0.106. The van der Waals surface area contributed by atoms with Gasteiger partial charge >= 0.3 is 0 Å². The fourth-order valence-electron chi connectivity index (χ4n) is 2.05. The second-order valence-corrected chi connectivity index (χ2v) is 5.58. The van der Waals surface area contributed by atoms with Crippen molar-refractivity contribution in [2.24, 2.45) is 0 Å². The van der Waals surface area contributed by atoms with Gasteiger partial charge in [0, 0.05) is 0 Å². The Morgan fingerprint density at radius 3 is 1.66 bits per heavy atom. The van der Waals surface area contributed by atoms with Gasteiger partial charge in [0.25, 0.3) is 0 Å². The molecule has 29 heavy (non-hydrogen) atoms. The molecule has 2 N–H and O–H groups in total. The van der Waals surface area contributed by atoms with E-state index in [1.165, 1.54) is 12.1 Å². The summed E-state index contributed by atoms with van der Waals surface area (Å²) < 4.78 is 0. The lowest BCUT2D eigenvalue weighted by Gasteiger charge is -1.91. The molecule has 0 spiro atoms. The predicted octanol–water partition coefficient (Wildman–Crippen LogP) is 4.80. The van der Waals surface area contributed by atoms with E-state index in [1.54, 1.807) is 30.4 Å². The van der Waals surface area contributed by atoms with Gasteiger partial charge in [0.2, 0.25) is 0 Å². The van der Waals surface area contributed by atoms with Crippen molar-refractivity contribution in [2.45, 2.75) is 0 Å². The van der Waals surface area contributed by atoms with Crippen LogP contribution in [0.25, 0.3) is 12.2 Å². The summed E-state index contributed by atoms with van der Waals surface area (Å²) in [5.74, 6) is 0.0347. The summed E-state index contributed by atoms with van der Waals surface area (Å²) >= 11 is 0. The minimum Gasteiger partial charge on any atom is -0.507 e. The van der Waals surface area contributed by atoms with Crippen LogP contribution in [-0.2, 0) is 4.79 Å². The van der Waals surface area contributed by atoms with Crippen molar-refractivity contribution < 1.29 is 19.8 Å². The smallest absolute Gasteiger partial charge is 0.153 e. The fraction of sp³-hybridized carbons (Fsp3) is 0.0400. The molecule has 0 radical (unpaired) electrons. The molecule has 0 amide bonds. The molecule has 0 fully saturated rings. The van der Waals surface area contributed by atoms with Gasteiger partial charge < -0.3 is 10.2 Å². The summed E-state index contributed by atoms with van der Waals surface area (Å²) in [7, 11) is 0. The van der Waals surface area contributed by atoms with Gasteiger partial charge in [0.15, 0.2) is 6.29 Å². The monoisotopic (exact) mass is 388 g/mol. The molecule has 0 heterocycles. The molecule has 3 aromatic carbocycles. The number of para-hydroxylation sites is 1. The number of benzene rings is 3. The van der Waals surface area contributed by atoms with Gasteiger partial charge in [0.1, 0.15) is 12.0 Å². The minimum absolute atomic E-state index is 0.0347. The van der Waals surface area contributed by atoms with E-state index in [1.807, 2.05) is 66.7 Å². The summed E-state index contributed by atoms with van der Waals surface area (Å²) in [6.07, 6.45) is 8.25. The number of aromatic hydroxyl groups is 1. The Bertz CT molecular complexity index is 885. The van der Waals surface area contributed by atoms with E-state index in [4.69, 9.17) is 10.2 Å². The highest BCUT2D eigenvalue weighted by molar-refractivity contribution is 5.78. The van der Waals surface area contributed by atoms with E-state index in [-0.39, 0.29) is 12.4 Å². The maximum atomic E-state index is 10.1. The van der Waals surface area contributed by atoms with Gasteiger partial charge in [-0.3, -0.25) is 9.59 Å². The quantitative estimate of drug-likeness (QED) is 0.486. The minimum atomic E-state index is 0.0347. The molecule has 0 aliphatic heterocycles. The van der Waals surface area contributed by atoms with Crippen molar-refractivity contribution in [3.05, 3.63) is 114 Å². The lowest BCUT2D eigenvalue weighted by molar-refractivity contribution is -0.104. The Morgan fingerprint density at radius 1 is 0.690 bits per heavy atom. The predicted molar refractivity (Wildman–Crippen MR) is 118 cm³/mol. The number of allylic oxidation sites excluding steroid dienone is 1. The SMILES string of the molecule is O=C/C=C/c1ccccc1.O=Cc1ccccc1O.OC/C=C/c1ccccc1. The Labute approximate surface area is 171 Å².